The Hall–Kier alpha value is -2.56. The number of carbonyl (C=O) groups excluding carboxylic acids is 1. The number of benzene rings is 1. The van der Waals surface area contributed by atoms with Crippen molar-refractivity contribution in [1.82, 2.24) is 9.88 Å². The maximum Gasteiger partial charge on any atom is 0.522 e. The molecule has 1 saturated carbocycles. The van der Waals surface area contributed by atoms with E-state index < -0.39 is 30.2 Å². The highest BCUT2D eigenvalue weighted by Gasteiger charge is 2.40. The largest absolute Gasteiger partial charge is 0.522 e. The molecule has 11 heteroatoms. The summed E-state index contributed by atoms with van der Waals surface area (Å²) in [6.07, 6.45) is -4.08. The van der Waals surface area contributed by atoms with Crippen molar-refractivity contribution in [2.24, 2.45) is 0 Å². The van der Waals surface area contributed by atoms with Gasteiger partial charge in [0.2, 0.25) is 5.91 Å². The van der Waals surface area contributed by atoms with Gasteiger partial charge in [0.15, 0.2) is 5.76 Å². The number of oxazole rings is 1. The number of nitrogens with one attached hydrogen (secondary N) is 1. The van der Waals surface area contributed by atoms with Gasteiger partial charge < -0.3 is 14.5 Å². The topological polar surface area (TPSA) is 82.7 Å². The Morgan fingerprint density at radius 2 is 1.94 bits per heavy atom. The highest BCUT2D eigenvalue weighted by molar-refractivity contribution is 6.30. The van der Waals surface area contributed by atoms with Crippen molar-refractivity contribution in [2.75, 3.05) is 6.61 Å². The molecular weight excluding hydrogens is 441 g/mol. The Bertz CT molecular complexity index is 978. The van der Waals surface area contributed by atoms with Crippen molar-refractivity contribution in [3.05, 3.63) is 58.3 Å². The molecule has 168 valence electrons. The maximum absolute atomic E-state index is 12.1. The molecule has 0 spiro atoms. The van der Waals surface area contributed by atoms with E-state index in [1.165, 1.54) is 4.57 Å². The van der Waals surface area contributed by atoms with Crippen LogP contribution in [0.25, 0.3) is 11.3 Å². The molecule has 3 rings (SSSR count). The molecule has 1 aromatic heterocycles. The third kappa shape index (κ3) is 6.98. The quantitative estimate of drug-likeness (QED) is 0.614. The summed E-state index contributed by atoms with van der Waals surface area (Å²) in [7, 11) is 0. The molecule has 31 heavy (non-hydrogen) atoms. The number of allylic oxidation sites excluding steroid dienone is 1. The summed E-state index contributed by atoms with van der Waals surface area (Å²) in [6, 6.07) is 6.81. The number of rotatable bonds is 9. The minimum absolute atomic E-state index is 0.0765. The number of aryl methyl sites for hydroxylation is 1. The molecule has 0 saturated heterocycles. The second kappa shape index (κ2) is 9.71. The molecule has 1 fully saturated rings. The summed E-state index contributed by atoms with van der Waals surface area (Å²) in [5.74, 6) is -0.641. The molecule has 0 atom stereocenters. The Labute approximate surface area is 180 Å². The molecule has 1 aliphatic carbocycles. The van der Waals surface area contributed by atoms with Crippen LogP contribution in [0, 0.1) is 0 Å². The standard InChI is InChI=1S/C20H20ClF3N2O5/c1-12(25-18(27)11-29-15-8-16(9-15)31-20(22,23)24)6-7-26-10-17(30-19(26)28)13-2-4-14(21)5-3-13/h2-5,10,15-16H,1,6-9,11H2,(H,25,27)/t15-,16+. The average Bonchev–Trinajstić information content (AvgIpc) is 3.02. The Balaban J connectivity index is 1.38. The van der Waals surface area contributed by atoms with Crippen LogP contribution in [0.5, 0.6) is 0 Å². The van der Waals surface area contributed by atoms with Crippen LogP contribution in [0.1, 0.15) is 19.3 Å². The predicted octanol–water partition coefficient (Wildman–Crippen LogP) is 3.87. The first-order chi connectivity index (χ1) is 14.6. The van der Waals surface area contributed by atoms with Gasteiger partial charge in [0.05, 0.1) is 18.4 Å². The lowest BCUT2D eigenvalue weighted by molar-refractivity contribution is -0.357. The van der Waals surface area contributed by atoms with E-state index in [1.54, 1.807) is 30.5 Å². The Kier molecular flexibility index (Phi) is 7.24. The highest BCUT2D eigenvalue weighted by atomic mass is 35.5. The van der Waals surface area contributed by atoms with Gasteiger partial charge in [-0.2, -0.15) is 0 Å². The first-order valence-electron chi connectivity index (χ1n) is 9.39. The fourth-order valence-corrected chi connectivity index (χ4v) is 3.09. The predicted molar refractivity (Wildman–Crippen MR) is 105 cm³/mol. The van der Waals surface area contributed by atoms with Gasteiger partial charge in [-0.05, 0) is 24.3 Å². The van der Waals surface area contributed by atoms with Crippen LogP contribution in [0.2, 0.25) is 5.02 Å². The zero-order valence-electron chi connectivity index (χ0n) is 16.3. The second-order valence-corrected chi connectivity index (χ2v) is 7.49. The van der Waals surface area contributed by atoms with Gasteiger partial charge in [-0.3, -0.25) is 14.1 Å². The number of hydrogen-bond donors (Lipinski definition) is 1. The summed E-state index contributed by atoms with van der Waals surface area (Å²) in [6.45, 7) is 3.65. The van der Waals surface area contributed by atoms with E-state index in [9.17, 15) is 22.8 Å². The molecule has 1 N–H and O–H groups in total. The number of aromatic nitrogens is 1. The normalized spacial score (nSPS) is 18.5. The first-order valence-corrected chi connectivity index (χ1v) is 9.77. The monoisotopic (exact) mass is 460 g/mol. The maximum atomic E-state index is 12.1. The van der Waals surface area contributed by atoms with E-state index in [2.05, 4.69) is 16.6 Å². The van der Waals surface area contributed by atoms with Crippen LogP contribution in [0.4, 0.5) is 13.2 Å². The lowest BCUT2D eigenvalue weighted by Gasteiger charge is -2.34. The smallest absolute Gasteiger partial charge is 0.408 e. The zero-order valence-corrected chi connectivity index (χ0v) is 17.0. The fourth-order valence-electron chi connectivity index (χ4n) is 2.96. The van der Waals surface area contributed by atoms with Crippen LogP contribution in [-0.4, -0.2) is 35.7 Å². The summed E-state index contributed by atoms with van der Waals surface area (Å²) in [4.78, 5) is 23.9. The van der Waals surface area contributed by atoms with Gasteiger partial charge in [-0.15, -0.1) is 13.2 Å². The van der Waals surface area contributed by atoms with Crippen molar-refractivity contribution in [3.63, 3.8) is 0 Å². The Morgan fingerprint density at radius 1 is 1.26 bits per heavy atom. The van der Waals surface area contributed by atoms with Crippen molar-refractivity contribution in [2.45, 2.75) is 44.4 Å². The summed E-state index contributed by atoms with van der Waals surface area (Å²) >= 11 is 5.85. The molecule has 1 aromatic carbocycles. The summed E-state index contributed by atoms with van der Waals surface area (Å²) in [5.41, 5.74) is 1.06. The van der Waals surface area contributed by atoms with Crippen molar-refractivity contribution in [1.29, 1.82) is 0 Å². The van der Waals surface area contributed by atoms with Crippen molar-refractivity contribution in [3.8, 4) is 11.3 Å². The number of hydrogen-bond acceptors (Lipinski definition) is 5. The first kappa shape index (κ1) is 23.1. The third-order valence-electron chi connectivity index (χ3n) is 4.61. The number of amides is 1. The fraction of sp³-hybridized carbons (Fsp3) is 0.400. The van der Waals surface area contributed by atoms with Crippen LogP contribution in [-0.2, 0) is 20.8 Å². The van der Waals surface area contributed by atoms with Gasteiger partial charge in [-0.1, -0.05) is 18.2 Å². The number of carbonyl (C=O) groups is 1. The van der Waals surface area contributed by atoms with Gasteiger partial charge >= 0.3 is 12.1 Å². The summed E-state index contributed by atoms with van der Waals surface area (Å²) < 4.78 is 51.9. The van der Waals surface area contributed by atoms with Crippen LogP contribution < -0.4 is 11.1 Å². The molecule has 0 unspecified atom stereocenters. The van der Waals surface area contributed by atoms with E-state index in [0.29, 0.717) is 22.0 Å². The van der Waals surface area contributed by atoms with E-state index in [0.717, 1.165) is 0 Å². The molecule has 1 amide bonds. The van der Waals surface area contributed by atoms with E-state index in [4.69, 9.17) is 20.8 Å². The zero-order chi connectivity index (χ0) is 22.6. The highest BCUT2D eigenvalue weighted by Crippen LogP contribution is 2.32. The van der Waals surface area contributed by atoms with Gasteiger partial charge in [0.1, 0.15) is 6.61 Å². The second-order valence-electron chi connectivity index (χ2n) is 7.05. The van der Waals surface area contributed by atoms with Gasteiger partial charge in [0.25, 0.3) is 0 Å². The van der Waals surface area contributed by atoms with E-state index in [1.807, 2.05) is 0 Å². The molecule has 0 bridgehead atoms. The molecule has 0 aliphatic heterocycles. The average molecular weight is 461 g/mol. The van der Waals surface area contributed by atoms with Gasteiger partial charge in [0, 0.05) is 42.1 Å². The van der Waals surface area contributed by atoms with Gasteiger partial charge in [-0.25, -0.2) is 4.79 Å². The van der Waals surface area contributed by atoms with Crippen LogP contribution >= 0.6 is 11.6 Å². The number of alkyl halides is 3. The SMILES string of the molecule is C=C(CCn1cc(-c2ccc(Cl)cc2)oc1=O)NC(=O)CO[C@H]1C[C@@H](OC(F)(F)F)C1. The molecule has 1 aliphatic rings. The minimum atomic E-state index is -4.67. The van der Waals surface area contributed by atoms with Crippen LogP contribution in [0.15, 0.2) is 51.9 Å². The van der Waals surface area contributed by atoms with E-state index in [-0.39, 0.29) is 32.4 Å². The minimum Gasteiger partial charge on any atom is -0.408 e. The van der Waals surface area contributed by atoms with E-state index >= 15 is 0 Å². The molecule has 0 radical (unpaired) electrons. The van der Waals surface area contributed by atoms with Crippen LogP contribution in [0.3, 0.4) is 0 Å². The van der Waals surface area contributed by atoms with Crippen molar-refractivity contribution < 1.29 is 31.9 Å². The lowest BCUT2D eigenvalue weighted by atomic mass is 9.92. The number of ether oxygens (including phenoxy) is 2. The lowest BCUT2D eigenvalue weighted by Crippen LogP contribution is -2.42. The third-order valence-corrected chi connectivity index (χ3v) is 4.86. The molecular formula is C20H20ClF3N2O5. The number of halogens is 4. The molecule has 1 heterocycles. The Morgan fingerprint density at radius 3 is 2.58 bits per heavy atom. The molecule has 2 aromatic rings. The molecule has 7 nitrogen and oxygen atoms in total. The summed E-state index contributed by atoms with van der Waals surface area (Å²) in [5, 5.41) is 3.10. The number of nitrogens with zero attached hydrogens (tertiary/aromatic N) is 1. The van der Waals surface area contributed by atoms with Crippen molar-refractivity contribution >= 4 is 17.5 Å².